The number of rotatable bonds is 2. The van der Waals surface area contributed by atoms with Crippen molar-refractivity contribution in [1.82, 2.24) is 9.97 Å². The summed E-state index contributed by atoms with van der Waals surface area (Å²) in [5.41, 5.74) is 8.77. The highest BCUT2D eigenvalue weighted by atomic mass is 79.9. The predicted molar refractivity (Wildman–Crippen MR) is 72.7 cm³/mol. The van der Waals surface area contributed by atoms with Gasteiger partial charge in [0.1, 0.15) is 5.82 Å². The van der Waals surface area contributed by atoms with E-state index in [1.165, 1.54) is 19.3 Å². The molecule has 2 aromatic rings. The minimum atomic E-state index is 0.636. The summed E-state index contributed by atoms with van der Waals surface area (Å²) in [6.45, 7) is 0. The van der Waals surface area contributed by atoms with Gasteiger partial charge in [-0.2, -0.15) is 0 Å². The van der Waals surface area contributed by atoms with Crippen LogP contribution in [0, 0.1) is 0 Å². The summed E-state index contributed by atoms with van der Waals surface area (Å²) in [5, 5.41) is 0. The normalized spacial score (nSPS) is 15.8. The van der Waals surface area contributed by atoms with Crippen molar-refractivity contribution < 1.29 is 0 Å². The van der Waals surface area contributed by atoms with Crippen molar-refractivity contribution >= 4 is 21.6 Å². The lowest BCUT2D eigenvalue weighted by Gasteiger charge is -2.22. The van der Waals surface area contributed by atoms with Gasteiger partial charge in [-0.1, -0.05) is 12.5 Å². The highest BCUT2D eigenvalue weighted by molar-refractivity contribution is 9.10. The number of aromatic nitrogens is 2. The molecule has 0 saturated heterocycles. The zero-order valence-electron chi connectivity index (χ0n) is 9.41. The largest absolute Gasteiger partial charge is 0.398 e. The molecule has 0 unspecified atom stereocenters. The van der Waals surface area contributed by atoms with Gasteiger partial charge in [-0.25, -0.2) is 4.98 Å². The van der Waals surface area contributed by atoms with Crippen LogP contribution in [0.4, 0.5) is 5.69 Å². The van der Waals surface area contributed by atoms with Gasteiger partial charge in [0.15, 0.2) is 0 Å². The number of hydrogen-bond donors (Lipinski definition) is 2. The lowest BCUT2D eigenvalue weighted by atomic mass is 9.85. The molecule has 3 rings (SSSR count). The second-order valence-corrected chi connectivity index (χ2v) is 5.40. The van der Waals surface area contributed by atoms with Gasteiger partial charge in [0.25, 0.3) is 0 Å². The monoisotopic (exact) mass is 291 g/mol. The Morgan fingerprint density at radius 1 is 1.35 bits per heavy atom. The maximum Gasteiger partial charge on any atom is 0.109 e. The maximum atomic E-state index is 5.88. The van der Waals surface area contributed by atoms with E-state index >= 15 is 0 Å². The Morgan fingerprint density at radius 2 is 2.18 bits per heavy atom. The molecule has 1 aliphatic rings. The molecule has 1 heterocycles. The minimum absolute atomic E-state index is 0.636. The van der Waals surface area contributed by atoms with Crippen LogP contribution in [0.5, 0.6) is 0 Å². The molecule has 0 amide bonds. The van der Waals surface area contributed by atoms with Gasteiger partial charge in [-0.05, 0) is 40.9 Å². The Bertz CT molecular complexity index is 543. The van der Waals surface area contributed by atoms with Crippen LogP contribution in [-0.2, 0) is 0 Å². The standard InChI is InChI=1S/C13H14BrN3/c14-10-5-4-9(6-11(10)15)12-7-16-13(17-12)8-2-1-3-8/h4-8H,1-3,15H2,(H,16,17). The van der Waals surface area contributed by atoms with E-state index in [0.717, 1.165) is 27.2 Å². The summed E-state index contributed by atoms with van der Waals surface area (Å²) >= 11 is 3.40. The van der Waals surface area contributed by atoms with E-state index in [-0.39, 0.29) is 0 Å². The molecule has 1 aromatic carbocycles. The number of benzene rings is 1. The Labute approximate surface area is 109 Å². The van der Waals surface area contributed by atoms with E-state index in [1.807, 2.05) is 24.4 Å². The van der Waals surface area contributed by atoms with Crippen LogP contribution in [0.15, 0.2) is 28.9 Å². The Morgan fingerprint density at radius 3 is 2.82 bits per heavy atom. The molecule has 3 nitrogen and oxygen atoms in total. The zero-order chi connectivity index (χ0) is 11.8. The number of H-pyrrole nitrogens is 1. The average Bonchev–Trinajstić information content (AvgIpc) is 2.69. The summed E-state index contributed by atoms with van der Waals surface area (Å²) < 4.78 is 0.931. The number of nitrogens with one attached hydrogen (secondary N) is 1. The van der Waals surface area contributed by atoms with Gasteiger partial charge in [0.05, 0.1) is 11.9 Å². The van der Waals surface area contributed by atoms with Gasteiger partial charge in [0.2, 0.25) is 0 Å². The van der Waals surface area contributed by atoms with E-state index in [1.54, 1.807) is 0 Å². The van der Waals surface area contributed by atoms with Crippen molar-refractivity contribution in [3.63, 3.8) is 0 Å². The second kappa shape index (κ2) is 4.18. The third-order valence-corrected chi connectivity index (χ3v) is 4.12. The van der Waals surface area contributed by atoms with Gasteiger partial charge in [0, 0.05) is 21.6 Å². The quantitative estimate of drug-likeness (QED) is 0.829. The summed E-state index contributed by atoms with van der Waals surface area (Å²) in [5.74, 6) is 1.75. The third kappa shape index (κ3) is 1.97. The fourth-order valence-electron chi connectivity index (χ4n) is 2.08. The molecule has 1 aliphatic carbocycles. The number of anilines is 1. The number of hydrogen-bond acceptors (Lipinski definition) is 2. The van der Waals surface area contributed by atoms with Crippen LogP contribution in [-0.4, -0.2) is 9.97 Å². The first-order valence-electron chi connectivity index (χ1n) is 5.84. The molecule has 17 heavy (non-hydrogen) atoms. The Hall–Kier alpha value is -1.29. The van der Waals surface area contributed by atoms with Gasteiger partial charge < -0.3 is 10.7 Å². The molecule has 4 heteroatoms. The van der Waals surface area contributed by atoms with E-state index in [2.05, 4.69) is 25.9 Å². The van der Waals surface area contributed by atoms with Crippen molar-refractivity contribution in [1.29, 1.82) is 0 Å². The van der Waals surface area contributed by atoms with Gasteiger partial charge in [-0.3, -0.25) is 0 Å². The number of imidazole rings is 1. The van der Waals surface area contributed by atoms with Gasteiger partial charge in [-0.15, -0.1) is 0 Å². The van der Waals surface area contributed by atoms with Crippen LogP contribution in [0.1, 0.15) is 31.0 Å². The Kier molecular flexibility index (Phi) is 2.67. The van der Waals surface area contributed by atoms with Crippen molar-refractivity contribution in [2.24, 2.45) is 0 Å². The van der Waals surface area contributed by atoms with E-state index in [9.17, 15) is 0 Å². The summed E-state index contributed by atoms with van der Waals surface area (Å²) in [4.78, 5) is 7.85. The molecule has 88 valence electrons. The number of nitrogens with zero attached hydrogens (tertiary/aromatic N) is 1. The molecule has 1 saturated carbocycles. The molecule has 0 aliphatic heterocycles. The third-order valence-electron chi connectivity index (χ3n) is 3.39. The van der Waals surface area contributed by atoms with E-state index < -0.39 is 0 Å². The fraction of sp³-hybridized carbons (Fsp3) is 0.308. The maximum absolute atomic E-state index is 5.88. The fourth-order valence-corrected chi connectivity index (χ4v) is 2.33. The number of aromatic amines is 1. The second-order valence-electron chi connectivity index (χ2n) is 4.55. The number of halogens is 1. The summed E-state index contributed by atoms with van der Waals surface area (Å²) in [7, 11) is 0. The predicted octanol–water partition coefficient (Wildman–Crippen LogP) is 3.69. The molecule has 0 bridgehead atoms. The molecule has 1 aromatic heterocycles. The number of nitrogens with two attached hydrogens (primary N) is 1. The molecular formula is C13H14BrN3. The first-order valence-corrected chi connectivity index (χ1v) is 6.63. The van der Waals surface area contributed by atoms with E-state index in [0.29, 0.717) is 5.92 Å². The van der Waals surface area contributed by atoms with E-state index in [4.69, 9.17) is 5.73 Å². The molecule has 3 N–H and O–H groups in total. The first kappa shape index (κ1) is 10.8. The number of nitrogen functional groups attached to an aromatic ring is 1. The van der Waals surface area contributed by atoms with Crippen LogP contribution >= 0.6 is 15.9 Å². The Balaban J connectivity index is 1.92. The van der Waals surface area contributed by atoms with Crippen LogP contribution < -0.4 is 5.73 Å². The molecule has 0 atom stereocenters. The summed E-state index contributed by atoms with van der Waals surface area (Å²) in [6, 6.07) is 5.97. The van der Waals surface area contributed by atoms with Crippen molar-refractivity contribution in [3.8, 4) is 11.3 Å². The zero-order valence-corrected chi connectivity index (χ0v) is 11.0. The van der Waals surface area contributed by atoms with Crippen molar-refractivity contribution in [3.05, 3.63) is 34.7 Å². The first-order chi connectivity index (χ1) is 8.24. The van der Waals surface area contributed by atoms with Gasteiger partial charge >= 0.3 is 0 Å². The van der Waals surface area contributed by atoms with Crippen LogP contribution in [0.2, 0.25) is 0 Å². The molecule has 0 radical (unpaired) electrons. The minimum Gasteiger partial charge on any atom is -0.398 e. The topological polar surface area (TPSA) is 54.7 Å². The molecule has 0 spiro atoms. The molecule has 1 fully saturated rings. The van der Waals surface area contributed by atoms with Crippen LogP contribution in [0.25, 0.3) is 11.3 Å². The lowest BCUT2D eigenvalue weighted by Crippen LogP contribution is -2.10. The van der Waals surface area contributed by atoms with Crippen LogP contribution in [0.3, 0.4) is 0 Å². The lowest BCUT2D eigenvalue weighted by molar-refractivity contribution is 0.404. The molecular weight excluding hydrogens is 278 g/mol. The SMILES string of the molecule is Nc1cc(-c2cnc(C3CCC3)[nH]2)ccc1Br. The highest BCUT2D eigenvalue weighted by Crippen LogP contribution is 2.35. The summed E-state index contributed by atoms with van der Waals surface area (Å²) in [6.07, 6.45) is 5.74. The van der Waals surface area contributed by atoms with Crippen molar-refractivity contribution in [2.75, 3.05) is 5.73 Å². The highest BCUT2D eigenvalue weighted by Gasteiger charge is 2.22. The van der Waals surface area contributed by atoms with Crippen molar-refractivity contribution in [2.45, 2.75) is 25.2 Å². The average molecular weight is 292 g/mol. The smallest absolute Gasteiger partial charge is 0.109 e.